The highest BCUT2D eigenvalue weighted by molar-refractivity contribution is 5.15. The fraction of sp³-hybridized carbons (Fsp3) is 0.286. The van der Waals surface area contributed by atoms with Gasteiger partial charge in [-0.15, -0.1) is 5.10 Å². The Morgan fingerprint density at radius 2 is 1.95 bits per heavy atom. The van der Waals surface area contributed by atoms with Gasteiger partial charge < -0.3 is 4.57 Å². The number of nitrogens with zero attached hydrogens (tertiary/aromatic N) is 6. The Labute approximate surface area is 117 Å². The maximum atomic E-state index is 4.31. The molecule has 0 amide bonds. The van der Waals surface area contributed by atoms with Crippen molar-refractivity contribution in [3.8, 4) is 0 Å². The summed E-state index contributed by atoms with van der Waals surface area (Å²) in [5.74, 6) is 0.828. The number of tetrazole rings is 1. The summed E-state index contributed by atoms with van der Waals surface area (Å²) in [5.41, 5.74) is 2.26. The minimum atomic E-state index is 0.632. The van der Waals surface area contributed by atoms with Crippen molar-refractivity contribution >= 4 is 0 Å². The summed E-state index contributed by atoms with van der Waals surface area (Å²) in [6.07, 6.45) is 4.78. The summed E-state index contributed by atoms with van der Waals surface area (Å²) in [7, 11) is 0. The van der Waals surface area contributed by atoms with Crippen LogP contribution in [0.2, 0.25) is 0 Å². The van der Waals surface area contributed by atoms with E-state index in [9.17, 15) is 0 Å². The van der Waals surface area contributed by atoms with E-state index in [0.29, 0.717) is 13.1 Å². The molecule has 6 nitrogen and oxygen atoms in total. The van der Waals surface area contributed by atoms with E-state index in [2.05, 4.69) is 39.6 Å². The Balaban J connectivity index is 1.76. The molecule has 3 rings (SSSR count). The number of aryl methyl sites for hydroxylation is 1. The van der Waals surface area contributed by atoms with Crippen LogP contribution in [0.15, 0.2) is 42.9 Å². The molecule has 0 N–H and O–H groups in total. The number of rotatable bonds is 5. The van der Waals surface area contributed by atoms with Crippen molar-refractivity contribution in [3.63, 3.8) is 0 Å². The summed E-state index contributed by atoms with van der Waals surface area (Å²) in [4.78, 5) is 4.31. The zero-order chi connectivity index (χ0) is 13.8. The molecule has 2 aromatic heterocycles. The molecule has 1 aromatic carbocycles. The highest BCUT2D eigenvalue weighted by Crippen LogP contribution is 2.05. The van der Waals surface area contributed by atoms with Crippen LogP contribution in [0.4, 0.5) is 0 Å². The van der Waals surface area contributed by atoms with Gasteiger partial charge in [-0.3, -0.25) is 0 Å². The molecule has 0 unspecified atom stereocenters. The van der Waals surface area contributed by atoms with Gasteiger partial charge in [0.1, 0.15) is 0 Å². The topological polar surface area (TPSA) is 61.4 Å². The van der Waals surface area contributed by atoms with Gasteiger partial charge in [-0.05, 0) is 22.4 Å². The summed E-state index contributed by atoms with van der Waals surface area (Å²) in [6.45, 7) is 3.40. The van der Waals surface area contributed by atoms with E-state index in [0.717, 1.165) is 17.9 Å². The number of imidazole rings is 1. The standard InChI is InChI=1S/C14H16N6/c1-2-13-9-19(11-15-13)10-14-16-17-18-20(14)8-12-6-4-3-5-7-12/h3-7,9,11H,2,8,10H2,1H3. The predicted octanol–water partition coefficient (Wildman–Crippen LogP) is 1.53. The molecule has 0 radical (unpaired) electrons. The van der Waals surface area contributed by atoms with Crippen molar-refractivity contribution in [2.75, 3.05) is 0 Å². The Hall–Kier alpha value is -2.50. The van der Waals surface area contributed by atoms with Crippen LogP contribution in [0.5, 0.6) is 0 Å². The van der Waals surface area contributed by atoms with Crippen LogP contribution < -0.4 is 0 Å². The van der Waals surface area contributed by atoms with Gasteiger partial charge >= 0.3 is 0 Å². The molecule has 0 saturated carbocycles. The molecular formula is C14H16N6. The fourth-order valence-corrected chi connectivity index (χ4v) is 2.05. The maximum absolute atomic E-state index is 4.31. The average Bonchev–Trinajstić information content (AvgIpc) is 3.10. The Morgan fingerprint density at radius 1 is 1.10 bits per heavy atom. The van der Waals surface area contributed by atoms with E-state index in [1.54, 1.807) is 0 Å². The maximum Gasteiger partial charge on any atom is 0.171 e. The van der Waals surface area contributed by atoms with Crippen molar-refractivity contribution in [2.45, 2.75) is 26.4 Å². The van der Waals surface area contributed by atoms with Gasteiger partial charge in [-0.1, -0.05) is 37.3 Å². The quantitative estimate of drug-likeness (QED) is 0.704. The van der Waals surface area contributed by atoms with E-state index in [1.165, 1.54) is 5.56 Å². The second-order valence-electron chi connectivity index (χ2n) is 4.63. The zero-order valence-corrected chi connectivity index (χ0v) is 11.3. The van der Waals surface area contributed by atoms with Crippen LogP contribution in [0.1, 0.15) is 24.0 Å². The van der Waals surface area contributed by atoms with Crippen molar-refractivity contribution in [2.24, 2.45) is 0 Å². The summed E-state index contributed by atoms with van der Waals surface area (Å²) in [6, 6.07) is 10.2. The summed E-state index contributed by atoms with van der Waals surface area (Å²) in [5, 5.41) is 11.9. The van der Waals surface area contributed by atoms with Crippen molar-refractivity contribution < 1.29 is 0 Å². The molecule has 0 aliphatic rings. The molecular weight excluding hydrogens is 252 g/mol. The van der Waals surface area contributed by atoms with Crippen molar-refractivity contribution in [1.82, 2.24) is 29.8 Å². The third-order valence-electron chi connectivity index (χ3n) is 3.15. The average molecular weight is 268 g/mol. The molecule has 2 heterocycles. The first-order valence-electron chi connectivity index (χ1n) is 6.64. The highest BCUT2D eigenvalue weighted by atomic mass is 15.5. The predicted molar refractivity (Wildman–Crippen MR) is 74.1 cm³/mol. The Kier molecular flexibility index (Phi) is 3.54. The lowest BCUT2D eigenvalue weighted by molar-refractivity contribution is 0.598. The van der Waals surface area contributed by atoms with Crippen LogP contribution in [0.25, 0.3) is 0 Å². The largest absolute Gasteiger partial charge is 0.329 e. The van der Waals surface area contributed by atoms with Gasteiger partial charge in [0.2, 0.25) is 0 Å². The van der Waals surface area contributed by atoms with Gasteiger partial charge in [0.05, 0.1) is 25.1 Å². The Bertz CT molecular complexity index is 670. The Morgan fingerprint density at radius 3 is 2.70 bits per heavy atom. The van der Waals surface area contributed by atoms with Crippen molar-refractivity contribution in [1.29, 1.82) is 0 Å². The van der Waals surface area contributed by atoms with Crippen LogP contribution in [-0.2, 0) is 19.5 Å². The minimum absolute atomic E-state index is 0.632. The van der Waals surface area contributed by atoms with E-state index >= 15 is 0 Å². The highest BCUT2D eigenvalue weighted by Gasteiger charge is 2.08. The van der Waals surface area contributed by atoms with Gasteiger partial charge in [0.15, 0.2) is 5.82 Å². The first-order chi connectivity index (χ1) is 9.85. The molecule has 0 saturated heterocycles. The molecule has 0 spiro atoms. The van der Waals surface area contributed by atoms with Gasteiger partial charge in [-0.2, -0.15) is 0 Å². The van der Waals surface area contributed by atoms with Gasteiger partial charge in [-0.25, -0.2) is 9.67 Å². The fourth-order valence-electron chi connectivity index (χ4n) is 2.05. The van der Waals surface area contributed by atoms with Crippen molar-refractivity contribution in [3.05, 3.63) is 59.9 Å². The molecule has 102 valence electrons. The SMILES string of the molecule is CCc1cn(Cc2nnnn2Cc2ccccc2)cn1. The molecule has 0 bridgehead atoms. The summed E-state index contributed by atoms with van der Waals surface area (Å²) >= 11 is 0. The van der Waals surface area contributed by atoms with Gasteiger partial charge in [0, 0.05) is 6.20 Å². The minimum Gasteiger partial charge on any atom is -0.329 e. The number of benzene rings is 1. The molecule has 0 atom stereocenters. The lowest BCUT2D eigenvalue weighted by Crippen LogP contribution is -2.10. The first kappa shape index (κ1) is 12.5. The monoisotopic (exact) mass is 268 g/mol. The van der Waals surface area contributed by atoms with E-state index in [-0.39, 0.29) is 0 Å². The molecule has 0 fully saturated rings. The van der Waals surface area contributed by atoms with Crippen LogP contribution in [0.3, 0.4) is 0 Å². The van der Waals surface area contributed by atoms with E-state index in [1.807, 2.05) is 40.0 Å². The normalized spacial score (nSPS) is 10.8. The second-order valence-corrected chi connectivity index (χ2v) is 4.63. The molecule has 3 aromatic rings. The second kappa shape index (κ2) is 5.64. The van der Waals surface area contributed by atoms with E-state index < -0.39 is 0 Å². The number of hydrogen-bond acceptors (Lipinski definition) is 4. The number of hydrogen-bond donors (Lipinski definition) is 0. The third kappa shape index (κ3) is 2.74. The van der Waals surface area contributed by atoms with Crippen LogP contribution >= 0.6 is 0 Å². The molecule has 20 heavy (non-hydrogen) atoms. The molecule has 0 aliphatic carbocycles. The first-order valence-corrected chi connectivity index (χ1v) is 6.64. The summed E-state index contributed by atoms with van der Waals surface area (Å²) < 4.78 is 3.83. The van der Waals surface area contributed by atoms with E-state index in [4.69, 9.17) is 0 Å². The lowest BCUT2D eigenvalue weighted by Gasteiger charge is -2.05. The zero-order valence-electron chi connectivity index (χ0n) is 11.3. The smallest absolute Gasteiger partial charge is 0.171 e. The van der Waals surface area contributed by atoms with Crippen LogP contribution in [-0.4, -0.2) is 29.8 Å². The van der Waals surface area contributed by atoms with Crippen LogP contribution in [0, 0.1) is 0 Å². The molecule has 0 aliphatic heterocycles. The van der Waals surface area contributed by atoms with Gasteiger partial charge in [0.25, 0.3) is 0 Å². The third-order valence-corrected chi connectivity index (χ3v) is 3.15. The molecule has 6 heteroatoms. The number of aromatic nitrogens is 6. The lowest BCUT2D eigenvalue weighted by atomic mass is 10.2.